The van der Waals surface area contributed by atoms with E-state index in [0.29, 0.717) is 6.54 Å². The molecule has 0 atom stereocenters. The van der Waals surface area contributed by atoms with Gasteiger partial charge in [-0.3, -0.25) is 0 Å². The molecular weight excluding hydrogens is 142 g/mol. The predicted octanol–water partition coefficient (Wildman–Crippen LogP) is -0.849. The minimum absolute atomic E-state index is 0.0771. The van der Waals surface area contributed by atoms with Gasteiger partial charge in [0.15, 0.2) is 5.96 Å². The fourth-order valence-electron chi connectivity index (χ4n) is 0.419. The number of nitrogens with two attached hydrogens (primary N) is 3. The lowest BCUT2D eigenvalue weighted by Gasteiger charge is -1.91. The summed E-state index contributed by atoms with van der Waals surface area (Å²) in [4.78, 5) is 7.33. The molecule has 0 amide bonds. The van der Waals surface area contributed by atoms with Crippen molar-refractivity contribution in [3.8, 4) is 0 Å². The van der Waals surface area contributed by atoms with E-state index in [1.54, 1.807) is 0 Å². The van der Waals surface area contributed by atoms with Gasteiger partial charge < -0.3 is 17.2 Å². The van der Waals surface area contributed by atoms with E-state index < -0.39 is 0 Å². The van der Waals surface area contributed by atoms with Crippen LogP contribution in [0.2, 0.25) is 0 Å². The van der Waals surface area contributed by atoms with E-state index in [1.807, 2.05) is 19.1 Å². The Morgan fingerprint density at radius 2 is 2.00 bits per heavy atom. The lowest BCUT2D eigenvalue weighted by atomic mass is 10.5. The number of hydrogen-bond acceptors (Lipinski definition) is 1. The van der Waals surface area contributed by atoms with Crippen LogP contribution in [-0.2, 0) is 0 Å². The summed E-state index contributed by atoms with van der Waals surface area (Å²) >= 11 is 0. The van der Waals surface area contributed by atoms with Crippen LogP contribution < -0.4 is 17.2 Å². The zero-order valence-electron chi connectivity index (χ0n) is 6.49. The predicted molar refractivity (Wildman–Crippen MR) is 47.1 cm³/mol. The molecule has 0 aromatic heterocycles. The van der Waals surface area contributed by atoms with Gasteiger partial charge in [-0.2, -0.15) is 4.99 Å². The van der Waals surface area contributed by atoms with Crippen LogP contribution in [0.4, 0.5) is 0 Å². The number of hydrogen-bond donors (Lipinski definition) is 3. The molecule has 0 bridgehead atoms. The molecule has 62 valence electrons. The molecule has 0 saturated heterocycles. The molecule has 5 nitrogen and oxygen atoms in total. The molecule has 11 heavy (non-hydrogen) atoms. The van der Waals surface area contributed by atoms with Crippen LogP contribution in [0, 0.1) is 0 Å². The van der Waals surface area contributed by atoms with Crippen molar-refractivity contribution in [2.75, 3.05) is 6.54 Å². The average molecular weight is 155 g/mol. The SMILES string of the molecule is C/C=C/CN=C(N)N=C(N)N. The number of allylic oxidation sites excluding steroid dienone is 1. The number of guanidine groups is 2. The molecule has 0 aromatic rings. The smallest absolute Gasteiger partial charge is 0.218 e. The minimum Gasteiger partial charge on any atom is -0.370 e. The number of nitrogens with zero attached hydrogens (tertiary/aromatic N) is 2. The van der Waals surface area contributed by atoms with Crippen molar-refractivity contribution in [2.45, 2.75) is 6.92 Å². The molecule has 0 aliphatic carbocycles. The summed E-state index contributed by atoms with van der Waals surface area (Å²) in [5.74, 6) is 0.0230. The van der Waals surface area contributed by atoms with Crippen LogP contribution in [0.1, 0.15) is 6.92 Å². The standard InChI is InChI=1S/C6H13N5/c1-2-3-4-10-6(9)11-5(7)8/h2-3H,4H2,1H3,(H6,7,8,9,10,11)/b3-2+. The van der Waals surface area contributed by atoms with Crippen molar-refractivity contribution < 1.29 is 0 Å². The second-order valence-electron chi connectivity index (χ2n) is 1.80. The second-order valence-corrected chi connectivity index (χ2v) is 1.80. The highest BCUT2D eigenvalue weighted by atomic mass is 15.1. The molecule has 0 aromatic carbocycles. The van der Waals surface area contributed by atoms with Crippen LogP contribution in [-0.4, -0.2) is 18.5 Å². The van der Waals surface area contributed by atoms with Crippen LogP contribution in [0.5, 0.6) is 0 Å². The average Bonchev–Trinajstić information content (AvgIpc) is 1.86. The first-order valence-corrected chi connectivity index (χ1v) is 3.17. The van der Waals surface area contributed by atoms with E-state index in [2.05, 4.69) is 9.98 Å². The molecular formula is C6H13N5. The highest BCUT2D eigenvalue weighted by Gasteiger charge is 1.84. The number of aliphatic imine (C=N–C) groups is 2. The van der Waals surface area contributed by atoms with Crippen molar-refractivity contribution in [3.05, 3.63) is 12.2 Å². The molecule has 0 unspecified atom stereocenters. The van der Waals surface area contributed by atoms with E-state index in [4.69, 9.17) is 17.2 Å². The molecule has 6 N–H and O–H groups in total. The van der Waals surface area contributed by atoms with Gasteiger partial charge in [-0.05, 0) is 6.92 Å². The van der Waals surface area contributed by atoms with Crippen LogP contribution in [0.3, 0.4) is 0 Å². The highest BCUT2D eigenvalue weighted by Crippen LogP contribution is 1.76. The van der Waals surface area contributed by atoms with Gasteiger partial charge in [-0.15, -0.1) is 0 Å². The minimum atomic E-state index is -0.0771. The van der Waals surface area contributed by atoms with E-state index >= 15 is 0 Å². The summed E-state index contributed by atoms with van der Waals surface area (Å²) in [6.07, 6.45) is 3.71. The molecule has 0 fully saturated rings. The summed E-state index contributed by atoms with van der Waals surface area (Å²) in [6, 6.07) is 0. The Kier molecular flexibility index (Phi) is 4.55. The van der Waals surface area contributed by atoms with E-state index in [1.165, 1.54) is 0 Å². The van der Waals surface area contributed by atoms with Crippen molar-refractivity contribution in [3.63, 3.8) is 0 Å². The van der Waals surface area contributed by atoms with Gasteiger partial charge in [-0.25, -0.2) is 4.99 Å². The van der Waals surface area contributed by atoms with Gasteiger partial charge in [0.25, 0.3) is 0 Å². The molecule has 0 heterocycles. The van der Waals surface area contributed by atoms with Crippen molar-refractivity contribution in [2.24, 2.45) is 27.2 Å². The molecule has 0 aliphatic rings. The van der Waals surface area contributed by atoms with E-state index in [9.17, 15) is 0 Å². The monoisotopic (exact) mass is 155 g/mol. The maximum Gasteiger partial charge on any atom is 0.218 e. The largest absolute Gasteiger partial charge is 0.370 e. The Hall–Kier alpha value is -1.52. The first-order valence-electron chi connectivity index (χ1n) is 3.17. The number of rotatable bonds is 2. The Bertz CT molecular complexity index is 187. The summed E-state index contributed by atoms with van der Waals surface area (Å²) in [5.41, 5.74) is 15.4. The third kappa shape index (κ3) is 6.36. The Labute approximate surface area is 65.7 Å². The Balaban J connectivity index is 3.91. The van der Waals surface area contributed by atoms with Crippen molar-refractivity contribution in [1.29, 1.82) is 0 Å². The zero-order valence-corrected chi connectivity index (χ0v) is 6.49. The highest BCUT2D eigenvalue weighted by molar-refractivity contribution is 5.92. The fraction of sp³-hybridized carbons (Fsp3) is 0.333. The quantitative estimate of drug-likeness (QED) is 0.275. The Morgan fingerprint density at radius 3 is 2.45 bits per heavy atom. The van der Waals surface area contributed by atoms with Crippen LogP contribution in [0.25, 0.3) is 0 Å². The maximum atomic E-state index is 5.28. The maximum absolute atomic E-state index is 5.28. The van der Waals surface area contributed by atoms with Crippen molar-refractivity contribution >= 4 is 11.9 Å². The normalized spacial score (nSPS) is 11.9. The molecule has 0 rings (SSSR count). The first kappa shape index (κ1) is 9.48. The summed E-state index contributed by atoms with van der Waals surface area (Å²) < 4.78 is 0. The molecule has 0 spiro atoms. The van der Waals surface area contributed by atoms with Crippen LogP contribution >= 0.6 is 0 Å². The van der Waals surface area contributed by atoms with Gasteiger partial charge >= 0.3 is 0 Å². The van der Waals surface area contributed by atoms with E-state index in [-0.39, 0.29) is 11.9 Å². The lowest BCUT2D eigenvalue weighted by Crippen LogP contribution is -2.26. The lowest BCUT2D eigenvalue weighted by molar-refractivity contribution is 1.20. The fourth-order valence-corrected chi connectivity index (χ4v) is 0.419. The zero-order chi connectivity index (χ0) is 8.69. The van der Waals surface area contributed by atoms with Crippen molar-refractivity contribution in [1.82, 2.24) is 0 Å². The molecule has 0 radical (unpaired) electrons. The van der Waals surface area contributed by atoms with Gasteiger partial charge in [-0.1, -0.05) is 12.2 Å². The molecule has 0 saturated carbocycles. The second kappa shape index (κ2) is 5.28. The summed E-state index contributed by atoms with van der Waals surface area (Å²) in [7, 11) is 0. The molecule has 5 heteroatoms. The van der Waals surface area contributed by atoms with Gasteiger partial charge in [0.1, 0.15) is 0 Å². The summed E-state index contributed by atoms with van der Waals surface area (Å²) in [5, 5.41) is 0. The van der Waals surface area contributed by atoms with E-state index in [0.717, 1.165) is 0 Å². The topological polar surface area (TPSA) is 103 Å². The van der Waals surface area contributed by atoms with Crippen LogP contribution in [0.15, 0.2) is 22.1 Å². The first-order chi connectivity index (χ1) is 5.16. The third-order valence-corrected chi connectivity index (χ3v) is 0.838. The Morgan fingerprint density at radius 1 is 1.36 bits per heavy atom. The molecule has 0 aliphatic heterocycles. The van der Waals surface area contributed by atoms with Gasteiger partial charge in [0.2, 0.25) is 5.96 Å². The van der Waals surface area contributed by atoms with Gasteiger partial charge in [0, 0.05) is 0 Å². The van der Waals surface area contributed by atoms with Gasteiger partial charge in [0.05, 0.1) is 6.54 Å². The summed E-state index contributed by atoms with van der Waals surface area (Å²) in [6.45, 7) is 2.39. The third-order valence-electron chi connectivity index (χ3n) is 0.838.